The predicted molar refractivity (Wildman–Crippen MR) is 75.4 cm³/mol. The number of sulfonamides is 1. The summed E-state index contributed by atoms with van der Waals surface area (Å²) < 4.78 is 26.2. The van der Waals surface area contributed by atoms with Gasteiger partial charge in [0, 0.05) is 18.9 Å². The van der Waals surface area contributed by atoms with Gasteiger partial charge < -0.3 is 5.73 Å². The standard InChI is InChI=1S/C13H15N3O2S/c1-10-6-7-11(14)9-12(10)19(17,18)16(2)13-5-3-4-8-15-13/h3-9H,14H2,1-2H3. The zero-order chi connectivity index (χ0) is 14.0. The number of aryl methyl sites for hydroxylation is 1. The number of nitrogen functional groups attached to an aromatic ring is 1. The van der Waals surface area contributed by atoms with E-state index in [9.17, 15) is 8.42 Å². The number of aromatic nitrogens is 1. The van der Waals surface area contributed by atoms with Gasteiger partial charge in [0.15, 0.2) is 0 Å². The van der Waals surface area contributed by atoms with Crippen molar-refractivity contribution in [2.45, 2.75) is 11.8 Å². The summed E-state index contributed by atoms with van der Waals surface area (Å²) in [7, 11) is -2.18. The number of rotatable bonds is 3. The Morgan fingerprint density at radius 2 is 1.95 bits per heavy atom. The smallest absolute Gasteiger partial charge is 0.265 e. The van der Waals surface area contributed by atoms with Gasteiger partial charge in [0.2, 0.25) is 0 Å². The molecule has 2 N–H and O–H groups in total. The van der Waals surface area contributed by atoms with Gasteiger partial charge >= 0.3 is 0 Å². The Labute approximate surface area is 112 Å². The highest BCUT2D eigenvalue weighted by Crippen LogP contribution is 2.24. The van der Waals surface area contributed by atoms with Gasteiger partial charge in [-0.2, -0.15) is 0 Å². The minimum Gasteiger partial charge on any atom is -0.399 e. The molecule has 0 radical (unpaired) electrons. The molecule has 0 saturated carbocycles. The van der Waals surface area contributed by atoms with Crippen LogP contribution >= 0.6 is 0 Å². The lowest BCUT2D eigenvalue weighted by molar-refractivity contribution is 0.593. The van der Waals surface area contributed by atoms with Crippen LogP contribution in [0.2, 0.25) is 0 Å². The van der Waals surface area contributed by atoms with Crippen molar-refractivity contribution < 1.29 is 8.42 Å². The van der Waals surface area contributed by atoms with Gasteiger partial charge in [-0.15, -0.1) is 0 Å². The molecule has 1 aromatic carbocycles. The lowest BCUT2D eigenvalue weighted by atomic mass is 10.2. The van der Waals surface area contributed by atoms with E-state index in [2.05, 4.69) is 4.98 Å². The van der Waals surface area contributed by atoms with Gasteiger partial charge in [-0.1, -0.05) is 12.1 Å². The average molecular weight is 277 g/mol. The Hall–Kier alpha value is -2.08. The van der Waals surface area contributed by atoms with Crippen molar-refractivity contribution in [3.63, 3.8) is 0 Å². The summed E-state index contributed by atoms with van der Waals surface area (Å²) in [5, 5.41) is 0. The van der Waals surface area contributed by atoms with Crippen LogP contribution in [0.1, 0.15) is 5.56 Å². The van der Waals surface area contributed by atoms with E-state index in [-0.39, 0.29) is 4.90 Å². The highest BCUT2D eigenvalue weighted by Gasteiger charge is 2.24. The molecule has 0 bridgehead atoms. The molecule has 6 heteroatoms. The van der Waals surface area contributed by atoms with Gasteiger partial charge in [-0.3, -0.25) is 4.31 Å². The molecule has 0 atom stereocenters. The maximum atomic E-state index is 12.5. The first-order valence-corrected chi connectivity index (χ1v) is 7.13. The van der Waals surface area contributed by atoms with Crippen LogP contribution in [0, 0.1) is 6.92 Å². The molecule has 2 rings (SSSR count). The van der Waals surface area contributed by atoms with E-state index in [0.29, 0.717) is 17.1 Å². The molecule has 5 nitrogen and oxygen atoms in total. The second-order valence-corrected chi connectivity index (χ2v) is 6.12. The van der Waals surface area contributed by atoms with Gasteiger partial charge in [-0.05, 0) is 36.8 Å². The van der Waals surface area contributed by atoms with E-state index in [1.807, 2.05) is 0 Å². The number of anilines is 2. The van der Waals surface area contributed by atoms with Crippen molar-refractivity contribution in [3.8, 4) is 0 Å². The molecule has 0 fully saturated rings. The fourth-order valence-corrected chi connectivity index (χ4v) is 3.11. The van der Waals surface area contributed by atoms with Crippen LogP contribution < -0.4 is 10.0 Å². The molecule has 0 saturated heterocycles. The summed E-state index contributed by atoms with van der Waals surface area (Å²) in [6, 6.07) is 9.93. The number of hydrogen-bond acceptors (Lipinski definition) is 4. The summed E-state index contributed by atoms with van der Waals surface area (Å²) in [4.78, 5) is 4.23. The van der Waals surface area contributed by atoms with Crippen LogP contribution in [0.3, 0.4) is 0 Å². The first-order chi connectivity index (χ1) is 8.93. The lowest BCUT2D eigenvalue weighted by Crippen LogP contribution is -2.28. The molecule has 100 valence electrons. The number of benzene rings is 1. The molecular formula is C13H15N3O2S. The van der Waals surface area contributed by atoms with Crippen LogP contribution in [0.15, 0.2) is 47.5 Å². The largest absolute Gasteiger partial charge is 0.399 e. The quantitative estimate of drug-likeness (QED) is 0.868. The molecule has 0 aliphatic heterocycles. The Bertz CT molecular complexity index is 684. The van der Waals surface area contributed by atoms with Crippen molar-refractivity contribution >= 4 is 21.5 Å². The third-order valence-electron chi connectivity index (χ3n) is 2.82. The van der Waals surface area contributed by atoms with Crippen molar-refractivity contribution in [1.29, 1.82) is 0 Å². The van der Waals surface area contributed by atoms with Crippen LogP contribution in [0.4, 0.5) is 11.5 Å². The molecular weight excluding hydrogens is 262 g/mol. The first-order valence-electron chi connectivity index (χ1n) is 5.69. The minimum absolute atomic E-state index is 0.195. The zero-order valence-corrected chi connectivity index (χ0v) is 11.6. The van der Waals surface area contributed by atoms with E-state index >= 15 is 0 Å². The second-order valence-electron chi connectivity index (χ2n) is 4.19. The minimum atomic E-state index is -3.65. The van der Waals surface area contributed by atoms with Gasteiger partial charge in [0.1, 0.15) is 5.82 Å². The topological polar surface area (TPSA) is 76.3 Å². The molecule has 1 aromatic heterocycles. The van der Waals surface area contributed by atoms with E-state index in [1.54, 1.807) is 43.5 Å². The van der Waals surface area contributed by atoms with Crippen molar-refractivity contribution in [2.75, 3.05) is 17.1 Å². The van der Waals surface area contributed by atoms with E-state index in [4.69, 9.17) is 5.73 Å². The highest BCUT2D eigenvalue weighted by atomic mass is 32.2. The Morgan fingerprint density at radius 3 is 2.58 bits per heavy atom. The molecule has 0 aliphatic rings. The lowest BCUT2D eigenvalue weighted by Gasteiger charge is -2.19. The fraction of sp³-hybridized carbons (Fsp3) is 0.154. The third-order valence-corrected chi connectivity index (χ3v) is 4.73. The van der Waals surface area contributed by atoms with Crippen molar-refractivity contribution in [1.82, 2.24) is 4.98 Å². The number of nitrogens with zero attached hydrogens (tertiary/aromatic N) is 2. The second kappa shape index (κ2) is 4.89. The van der Waals surface area contributed by atoms with Gasteiger partial charge in [0.25, 0.3) is 10.0 Å². The van der Waals surface area contributed by atoms with E-state index in [1.165, 1.54) is 13.1 Å². The Morgan fingerprint density at radius 1 is 1.21 bits per heavy atom. The molecule has 0 spiro atoms. The van der Waals surface area contributed by atoms with Crippen molar-refractivity contribution in [2.24, 2.45) is 0 Å². The molecule has 19 heavy (non-hydrogen) atoms. The first kappa shape index (κ1) is 13.4. The molecule has 0 unspecified atom stereocenters. The predicted octanol–water partition coefficient (Wildman–Crippen LogP) is 1.80. The summed E-state index contributed by atoms with van der Waals surface area (Å²) in [5.74, 6) is 0.365. The summed E-state index contributed by atoms with van der Waals surface area (Å²) >= 11 is 0. The van der Waals surface area contributed by atoms with Crippen LogP contribution in [0.25, 0.3) is 0 Å². The summed E-state index contributed by atoms with van der Waals surface area (Å²) in [5.41, 5.74) is 6.73. The zero-order valence-electron chi connectivity index (χ0n) is 10.7. The molecule has 1 heterocycles. The van der Waals surface area contributed by atoms with Gasteiger partial charge in [-0.25, -0.2) is 13.4 Å². The van der Waals surface area contributed by atoms with Crippen LogP contribution in [0.5, 0.6) is 0 Å². The molecule has 0 aliphatic carbocycles. The van der Waals surface area contributed by atoms with E-state index < -0.39 is 10.0 Å². The highest BCUT2D eigenvalue weighted by molar-refractivity contribution is 7.92. The van der Waals surface area contributed by atoms with Gasteiger partial charge in [0.05, 0.1) is 4.90 Å². The molecule has 2 aromatic rings. The average Bonchev–Trinajstić information content (AvgIpc) is 2.41. The Kier molecular flexibility index (Phi) is 3.44. The molecule has 0 amide bonds. The van der Waals surface area contributed by atoms with E-state index in [0.717, 1.165) is 4.31 Å². The monoisotopic (exact) mass is 277 g/mol. The Balaban J connectivity index is 2.51. The normalized spacial score (nSPS) is 11.3. The summed E-state index contributed by atoms with van der Waals surface area (Å²) in [6.45, 7) is 1.73. The SMILES string of the molecule is Cc1ccc(N)cc1S(=O)(=O)N(C)c1ccccn1. The number of hydrogen-bond donors (Lipinski definition) is 1. The van der Waals surface area contributed by atoms with Crippen LogP contribution in [-0.2, 0) is 10.0 Å². The van der Waals surface area contributed by atoms with Crippen molar-refractivity contribution in [3.05, 3.63) is 48.2 Å². The third kappa shape index (κ3) is 2.53. The summed E-state index contributed by atoms with van der Waals surface area (Å²) in [6.07, 6.45) is 1.55. The van der Waals surface area contributed by atoms with Crippen LogP contribution in [-0.4, -0.2) is 20.4 Å². The number of pyridine rings is 1. The maximum Gasteiger partial charge on any atom is 0.265 e. The maximum absolute atomic E-state index is 12.5. The fourth-order valence-electron chi connectivity index (χ4n) is 1.71. The number of nitrogens with two attached hydrogens (primary N) is 1.